The van der Waals surface area contributed by atoms with Crippen LogP contribution < -0.4 is 0 Å². The van der Waals surface area contributed by atoms with Crippen molar-refractivity contribution in [3.8, 4) is 0 Å². The zero-order chi connectivity index (χ0) is 12.2. The van der Waals surface area contributed by atoms with Crippen LogP contribution in [0.1, 0.15) is 0 Å². The molecule has 0 unspecified atom stereocenters. The van der Waals surface area contributed by atoms with Crippen LogP contribution >= 0.6 is 23.1 Å². The Morgan fingerprint density at radius 3 is 1.50 bits per heavy atom. The topological polar surface area (TPSA) is 51.6 Å². The Balaban J connectivity index is 0.000000111. The molecule has 0 bridgehead atoms. The molecule has 0 spiro atoms. The average molecular weight is 272 g/mol. The number of nitrogens with zero attached hydrogens (tertiary/aromatic N) is 4. The van der Waals surface area contributed by atoms with Crippen molar-refractivity contribution in [3.63, 3.8) is 0 Å². The minimum Gasteiger partial charge on any atom is -0.138 e. The van der Waals surface area contributed by atoms with E-state index in [4.69, 9.17) is 0 Å². The summed E-state index contributed by atoms with van der Waals surface area (Å²) in [6.07, 6.45) is 0. The van der Waals surface area contributed by atoms with Gasteiger partial charge in [0, 0.05) is 0 Å². The molecule has 0 aliphatic carbocycles. The first-order chi connectivity index (χ1) is 8.93. The number of rotatable bonds is 0. The fraction of sp³-hybridized carbons (Fsp3) is 0. The molecule has 0 radical (unpaired) electrons. The Morgan fingerprint density at radius 2 is 1.06 bits per heavy atom. The van der Waals surface area contributed by atoms with Crippen LogP contribution in [0.2, 0.25) is 0 Å². The van der Waals surface area contributed by atoms with E-state index < -0.39 is 0 Å². The highest BCUT2D eigenvalue weighted by Gasteiger charge is 1.92. The van der Waals surface area contributed by atoms with E-state index in [0.29, 0.717) is 0 Å². The summed E-state index contributed by atoms with van der Waals surface area (Å²) in [5.41, 5.74) is 1.98. The molecular formula is C12H8N4S2. The van der Waals surface area contributed by atoms with E-state index in [1.54, 1.807) is 0 Å². The predicted molar refractivity (Wildman–Crippen MR) is 74.8 cm³/mol. The second-order valence-corrected chi connectivity index (χ2v) is 5.05. The minimum atomic E-state index is 0.988. The lowest BCUT2D eigenvalue weighted by Crippen LogP contribution is -1.63. The lowest BCUT2D eigenvalue weighted by atomic mass is 10.3. The van der Waals surface area contributed by atoms with Crippen LogP contribution in [0.15, 0.2) is 48.5 Å². The van der Waals surface area contributed by atoms with Crippen LogP contribution in [0.4, 0.5) is 0 Å². The second-order valence-electron chi connectivity index (χ2n) is 3.48. The summed E-state index contributed by atoms with van der Waals surface area (Å²) < 4.78 is 9.89. The maximum atomic E-state index is 3.89. The van der Waals surface area contributed by atoms with Gasteiger partial charge in [-0.3, -0.25) is 0 Å². The summed E-state index contributed by atoms with van der Waals surface area (Å²) in [7, 11) is 0. The Morgan fingerprint density at radius 1 is 0.611 bits per heavy atom. The number of hydrogen-bond acceptors (Lipinski definition) is 6. The van der Waals surface area contributed by atoms with Gasteiger partial charge < -0.3 is 0 Å². The van der Waals surface area contributed by atoms with E-state index in [1.807, 2.05) is 48.5 Å². The molecule has 0 saturated heterocycles. The highest BCUT2D eigenvalue weighted by molar-refractivity contribution is 7.13. The predicted octanol–water partition coefficient (Wildman–Crippen LogP) is 3.38. The summed E-state index contributed by atoms with van der Waals surface area (Å²) in [6, 6.07) is 15.8. The summed E-state index contributed by atoms with van der Waals surface area (Å²) >= 11 is 2.85. The molecule has 0 amide bonds. The number of hydrogen-bond donors (Lipinski definition) is 0. The summed E-state index contributed by atoms with van der Waals surface area (Å²) in [5.74, 6) is 0. The smallest absolute Gasteiger partial charge is 0.105 e. The van der Waals surface area contributed by atoms with Crippen molar-refractivity contribution < 1.29 is 0 Å². The van der Waals surface area contributed by atoms with Gasteiger partial charge in [-0.05, 0) is 47.3 Å². The molecule has 4 rings (SSSR count). The lowest BCUT2D eigenvalue weighted by Gasteiger charge is -1.78. The van der Waals surface area contributed by atoms with Crippen molar-refractivity contribution in [2.75, 3.05) is 0 Å². The fourth-order valence-corrected chi connectivity index (χ4v) is 2.57. The van der Waals surface area contributed by atoms with Crippen molar-refractivity contribution in [1.82, 2.24) is 19.2 Å². The van der Waals surface area contributed by atoms with E-state index in [9.17, 15) is 0 Å². The first-order valence-electron chi connectivity index (χ1n) is 5.28. The number of benzene rings is 2. The van der Waals surface area contributed by atoms with Gasteiger partial charge >= 0.3 is 0 Å². The normalized spacial score (nSPS) is 10.2. The highest BCUT2D eigenvalue weighted by atomic mass is 32.1. The van der Waals surface area contributed by atoms with Gasteiger partial charge in [-0.25, -0.2) is 0 Å². The molecule has 0 aliphatic rings. The maximum absolute atomic E-state index is 3.89. The molecular weight excluding hydrogens is 264 g/mol. The second kappa shape index (κ2) is 5.16. The van der Waals surface area contributed by atoms with Gasteiger partial charge in [0.2, 0.25) is 0 Å². The molecule has 0 N–H and O–H groups in total. The van der Waals surface area contributed by atoms with Crippen molar-refractivity contribution in [1.29, 1.82) is 0 Å². The molecule has 0 fully saturated rings. The molecule has 6 heteroatoms. The van der Waals surface area contributed by atoms with Crippen molar-refractivity contribution in [2.45, 2.75) is 0 Å². The summed E-state index contributed by atoms with van der Waals surface area (Å²) in [5, 5.41) is 7.77. The van der Waals surface area contributed by atoms with Gasteiger partial charge in [-0.15, -0.1) is 10.2 Å². The lowest BCUT2D eigenvalue weighted by molar-refractivity contribution is 1.20. The Bertz CT molecular complexity index is 636. The number of aromatic nitrogens is 4. The average Bonchev–Trinajstić information content (AvgIpc) is 3.08. The Labute approximate surface area is 111 Å². The van der Waals surface area contributed by atoms with Crippen LogP contribution in [0.3, 0.4) is 0 Å². The Hall–Kier alpha value is -1.92. The fourth-order valence-electron chi connectivity index (χ4n) is 1.45. The van der Waals surface area contributed by atoms with Crippen LogP contribution in [-0.2, 0) is 0 Å². The van der Waals surface area contributed by atoms with Crippen LogP contribution in [-0.4, -0.2) is 19.2 Å². The van der Waals surface area contributed by atoms with Gasteiger partial charge in [-0.2, -0.15) is 0 Å². The van der Waals surface area contributed by atoms with Crippen LogP contribution in [0.25, 0.3) is 20.4 Å². The van der Waals surface area contributed by atoms with E-state index >= 15 is 0 Å². The van der Waals surface area contributed by atoms with Crippen molar-refractivity contribution in [2.24, 2.45) is 0 Å². The zero-order valence-corrected chi connectivity index (χ0v) is 10.9. The first kappa shape index (κ1) is 11.2. The molecule has 0 saturated carbocycles. The van der Waals surface area contributed by atoms with E-state index in [2.05, 4.69) is 19.2 Å². The maximum Gasteiger partial charge on any atom is 0.105 e. The van der Waals surface area contributed by atoms with Gasteiger partial charge in [0.15, 0.2) is 0 Å². The Kier molecular flexibility index (Phi) is 3.20. The highest BCUT2D eigenvalue weighted by Crippen LogP contribution is 2.13. The van der Waals surface area contributed by atoms with Crippen molar-refractivity contribution >= 4 is 43.5 Å². The summed E-state index contributed by atoms with van der Waals surface area (Å²) in [4.78, 5) is 0. The largest absolute Gasteiger partial charge is 0.138 e. The van der Waals surface area contributed by atoms with Crippen LogP contribution in [0.5, 0.6) is 0 Å². The van der Waals surface area contributed by atoms with Gasteiger partial charge in [0.25, 0.3) is 0 Å². The third-order valence-corrected chi connectivity index (χ3v) is 3.72. The molecule has 88 valence electrons. The van der Waals surface area contributed by atoms with E-state index in [-0.39, 0.29) is 0 Å². The monoisotopic (exact) mass is 272 g/mol. The first-order valence-corrected chi connectivity index (χ1v) is 6.82. The minimum absolute atomic E-state index is 0.988. The molecule has 2 aromatic heterocycles. The van der Waals surface area contributed by atoms with Gasteiger partial charge in [0.1, 0.15) is 11.0 Å². The molecule has 2 aromatic carbocycles. The molecule has 4 nitrogen and oxygen atoms in total. The van der Waals surface area contributed by atoms with Crippen LogP contribution in [0, 0.1) is 0 Å². The van der Waals surface area contributed by atoms with E-state index in [0.717, 1.165) is 20.4 Å². The zero-order valence-electron chi connectivity index (χ0n) is 9.22. The SMILES string of the molecule is c1ccc2snnc2c1.c1ccc2snnc2c1. The standard InChI is InChI=1S/2C6H4N2S/c2*1-2-4-6-5(3-1)7-8-9-6/h2*1-4H. The molecule has 0 atom stereocenters. The number of fused-ring (bicyclic) bond motifs is 2. The molecule has 18 heavy (non-hydrogen) atoms. The summed E-state index contributed by atoms with van der Waals surface area (Å²) in [6.45, 7) is 0. The third kappa shape index (κ3) is 2.34. The van der Waals surface area contributed by atoms with Gasteiger partial charge in [0.05, 0.1) is 9.40 Å². The quantitative estimate of drug-likeness (QED) is 0.492. The van der Waals surface area contributed by atoms with Gasteiger partial charge in [-0.1, -0.05) is 33.2 Å². The third-order valence-electron chi connectivity index (χ3n) is 2.31. The van der Waals surface area contributed by atoms with Crippen molar-refractivity contribution in [3.05, 3.63) is 48.5 Å². The van der Waals surface area contributed by atoms with E-state index in [1.165, 1.54) is 23.1 Å². The molecule has 4 aromatic rings. The molecule has 0 aliphatic heterocycles. The molecule has 2 heterocycles.